The molecular weight excluding hydrogens is 300 g/mol. The van der Waals surface area contributed by atoms with Gasteiger partial charge in [0.05, 0.1) is 5.51 Å². The molecule has 1 fully saturated rings. The van der Waals surface area contributed by atoms with Crippen molar-refractivity contribution >= 4 is 17.2 Å². The summed E-state index contributed by atoms with van der Waals surface area (Å²) in [6.07, 6.45) is 6.14. The monoisotopic (exact) mass is 318 g/mol. The number of carbonyl (C=O) groups is 1. The van der Waals surface area contributed by atoms with E-state index in [4.69, 9.17) is 4.74 Å². The Bertz CT molecular complexity index is 607. The van der Waals surface area contributed by atoms with Crippen LogP contribution in [0.15, 0.2) is 23.3 Å². The molecule has 0 spiro atoms. The first-order valence-corrected chi connectivity index (χ1v) is 8.35. The molecular formula is C15H18N4O2S. The van der Waals surface area contributed by atoms with Crippen LogP contribution in [0, 0.1) is 0 Å². The largest absolute Gasteiger partial charge is 0.460 e. The summed E-state index contributed by atoms with van der Waals surface area (Å²) < 4.78 is 5.80. The van der Waals surface area contributed by atoms with E-state index in [1.807, 2.05) is 4.90 Å². The van der Waals surface area contributed by atoms with Crippen LogP contribution in [0.2, 0.25) is 0 Å². The second-order valence-corrected chi connectivity index (χ2v) is 5.93. The molecule has 0 atom stereocenters. The molecule has 0 radical (unpaired) electrons. The van der Waals surface area contributed by atoms with Gasteiger partial charge in [-0.2, -0.15) is 0 Å². The molecule has 0 unspecified atom stereocenters. The van der Waals surface area contributed by atoms with Gasteiger partial charge in [0, 0.05) is 43.7 Å². The van der Waals surface area contributed by atoms with E-state index >= 15 is 0 Å². The standard InChI is InChI=1S/C15H18N4O2S/c1-2-11-7-16-15(17-8-11)21-12-3-5-19(6-4-12)14(20)13-9-22-10-18-13/h7-10,12H,2-6H2,1H3. The van der Waals surface area contributed by atoms with Crippen molar-refractivity contribution < 1.29 is 9.53 Å². The fraction of sp³-hybridized carbons (Fsp3) is 0.467. The van der Waals surface area contributed by atoms with Gasteiger partial charge in [0.15, 0.2) is 0 Å². The molecule has 1 saturated heterocycles. The Morgan fingerprint density at radius 2 is 2.05 bits per heavy atom. The molecule has 22 heavy (non-hydrogen) atoms. The van der Waals surface area contributed by atoms with Crippen LogP contribution in [0.3, 0.4) is 0 Å². The zero-order chi connectivity index (χ0) is 15.4. The molecule has 2 aromatic heterocycles. The Morgan fingerprint density at radius 3 is 2.64 bits per heavy atom. The van der Waals surface area contributed by atoms with Crippen molar-refractivity contribution in [3.05, 3.63) is 34.5 Å². The molecule has 1 aliphatic rings. The van der Waals surface area contributed by atoms with E-state index in [2.05, 4.69) is 21.9 Å². The lowest BCUT2D eigenvalue weighted by Gasteiger charge is -2.31. The number of amides is 1. The third kappa shape index (κ3) is 3.41. The number of nitrogens with zero attached hydrogens (tertiary/aromatic N) is 4. The van der Waals surface area contributed by atoms with E-state index < -0.39 is 0 Å². The first kappa shape index (κ1) is 14.9. The molecule has 0 bridgehead atoms. The smallest absolute Gasteiger partial charge is 0.316 e. The third-order valence-corrected chi connectivity index (χ3v) is 4.33. The van der Waals surface area contributed by atoms with Crippen molar-refractivity contribution in [3.8, 4) is 6.01 Å². The highest BCUT2D eigenvalue weighted by Crippen LogP contribution is 2.18. The fourth-order valence-corrected chi connectivity index (χ4v) is 2.92. The van der Waals surface area contributed by atoms with Gasteiger partial charge >= 0.3 is 6.01 Å². The van der Waals surface area contributed by atoms with E-state index in [0.717, 1.165) is 24.8 Å². The maximum Gasteiger partial charge on any atom is 0.316 e. The summed E-state index contributed by atoms with van der Waals surface area (Å²) in [6, 6.07) is 0.418. The molecule has 3 rings (SSSR count). The Morgan fingerprint density at radius 1 is 1.32 bits per heavy atom. The van der Waals surface area contributed by atoms with Gasteiger partial charge in [-0.3, -0.25) is 4.79 Å². The fourth-order valence-electron chi connectivity index (χ4n) is 2.39. The Labute approximate surface area is 133 Å². The number of piperidine rings is 1. The minimum absolute atomic E-state index is 0.00301. The number of aromatic nitrogens is 3. The minimum atomic E-state index is 0.00301. The molecule has 2 aromatic rings. The number of rotatable bonds is 4. The van der Waals surface area contributed by atoms with Gasteiger partial charge < -0.3 is 9.64 Å². The Balaban J connectivity index is 1.52. The van der Waals surface area contributed by atoms with Crippen LogP contribution in [-0.2, 0) is 6.42 Å². The SMILES string of the molecule is CCc1cnc(OC2CCN(C(=O)c3cscn3)CC2)nc1. The summed E-state index contributed by atoms with van der Waals surface area (Å²) in [5, 5.41) is 1.79. The van der Waals surface area contributed by atoms with Crippen molar-refractivity contribution in [2.24, 2.45) is 0 Å². The minimum Gasteiger partial charge on any atom is -0.460 e. The number of aryl methyl sites for hydroxylation is 1. The predicted molar refractivity (Wildman–Crippen MR) is 83.1 cm³/mol. The van der Waals surface area contributed by atoms with Crippen molar-refractivity contribution in [1.82, 2.24) is 19.9 Å². The zero-order valence-electron chi connectivity index (χ0n) is 12.4. The summed E-state index contributed by atoms with van der Waals surface area (Å²) in [4.78, 5) is 26.5. The van der Waals surface area contributed by atoms with Crippen LogP contribution < -0.4 is 4.74 Å². The summed E-state index contributed by atoms with van der Waals surface area (Å²) >= 11 is 1.44. The van der Waals surface area contributed by atoms with Gasteiger partial charge in [-0.25, -0.2) is 15.0 Å². The van der Waals surface area contributed by atoms with Gasteiger partial charge in [-0.15, -0.1) is 11.3 Å². The lowest BCUT2D eigenvalue weighted by Crippen LogP contribution is -2.42. The molecule has 0 aromatic carbocycles. The topological polar surface area (TPSA) is 68.2 Å². The van der Waals surface area contributed by atoms with E-state index in [9.17, 15) is 4.79 Å². The number of likely N-dealkylation sites (tertiary alicyclic amines) is 1. The lowest BCUT2D eigenvalue weighted by molar-refractivity contribution is 0.0574. The highest BCUT2D eigenvalue weighted by Gasteiger charge is 2.25. The van der Waals surface area contributed by atoms with Crippen LogP contribution >= 0.6 is 11.3 Å². The molecule has 0 aliphatic carbocycles. The second-order valence-electron chi connectivity index (χ2n) is 5.21. The number of hydrogen-bond donors (Lipinski definition) is 0. The number of ether oxygens (including phenoxy) is 1. The zero-order valence-corrected chi connectivity index (χ0v) is 13.3. The molecule has 0 saturated carbocycles. The average molecular weight is 318 g/mol. The van der Waals surface area contributed by atoms with E-state index in [1.165, 1.54) is 11.3 Å². The molecule has 6 nitrogen and oxygen atoms in total. The third-order valence-electron chi connectivity index (χ3n) is 3.74. The average Bonchev–Trinajstić information content (AvgIpc) is 3.10. The number of carbonyl (C=O) groups excluding carboxylic acids is 1. The second kappa shape index (κ2) is 6.83. The normalized spacial score (nSPS) is 15.8. The van der Waals surface area contributed by atoms with E-state index in [-0.39, 0.29) is 12.0 Å². The molecule has 1 amide bonds. The highest BCUT2D eigenvalue weighted by molar-refractivity contribution is 7.07. The Hall–Kier alpha value is -2.02. The molecule has 0 N–H and O–H groups in total. The van der Waals surface area contributed by atoms with Gasteiger partial charge in [0.1, 0.15) is 11.8 Å². The van der Waals surface area contributed by atoms with Crippen molar-refractivity contribution in [2.75, 3.05) is 13.1 Å². The molecule has 1 aliphatic heterocycles. The summed E-state index contributed by atoms with van der Waals surface area (Å²) in [5.74, 6) is 0.00301. The molecule has 3 heterocycles. The number of hydrogen-bond acceptors (Lipinski definition) is 6. The first-order valence-electron chi connectivity index (χ1n) is 7.41. The van der Waals surface area contributed by atoms with Gasteiger partial charge in [0.2, 0.25) is 0 Å². The van der Waals surface area contributed by atoms with E-state index in [0.29, 0.717) is 24.8 Å². The van der Waals surface area contributed by atoms with Gasteiger partial charge in [-0.1, -0.05) is 6.92 Å². The van der Waals surface area contributed by atoms with Gasteiger partial charge in [-0.05, 0) is 12.0 Å². The van der Waals surface area contributed by atoms with Crippen molar-refractivity contribution in [2.45, 2.75) is 32.3 Å². The Kier molecular flexibility index (Phi) is 4.62. The highest BCUT2D eigenvalue weighted by atomic mass is 32.1. The molecule has 116 valence electrons. The molecule has 7 heteroatoms. The summed E-state index contributed by atoms with van der Waals surface area (Å²) in [5.41, 5.74) is 3.30. The first-order chi connectivity index (χ1) is 10.8. The van der Waals surface area contributed by atoms with Gasteiger partial charge in [0.25, 0.3) is 5.91 Å². The van der Waals surface area contributed by atoms with Crippen LogP contribution in [0.25, 0.3) is 0 Å². The van der Waals surface area contributed by atoms with Crippen LogP contribution in [0.1, 0.15) is 35.8 Å². The summed E-state index contributed by atoms with van der Waals surface area (Å²) in [7, 11) is 0. The van der Waals surface area contributed by atoms with Crippen LogP contribution in [0.4, 0.5) is 0 Å². The predicted octanol–water partition coefficient (Wildman–Crippen LogP) is 2.18. The maximum absolute atomic E-state index is 12.2. The summed E-state index contributed by atoms with van der Waals surface area (Å²) in [6.45, 7) is 3.41. The van der Waals surface area contributed by atoms with Crippen LogP contribution in [0.5, 0.6) is 6.01 Å². The quantitative estimate of drug-likeness (QED) is 0.864. The van der Waals surface area contributed by atoms with Crippen molar-refractivity contribution in [1.29, 1.82) is 0 Å². The van der Waals surface area contributed by atoms with E-state index in [1.54, 1.807) is 23.3 Å². The number of thiazole rings is 1. The van der Waals surface area contributed by atoms with Crippen LogP contribution in [-0.4, -0.2) is 45.0 Å². The lowest BCUT2D eigenvalue weighted by atomic mass is 10.1. The maximum atomic E-state index is 12.2. The van der Waals surface area contributed by atoms with Crippen molar-refractivity contribution in [3.63, 3.8) is 0 Å².